The molecule has 2 rings (SSSR count). The molecule has 0 radical (unpaired) electrons. The van der Waals surface area contributed by atoms with E-state index in [9.17, 15) is 10.1 Å². The second kappa shape index (κ2) is 7.54. The van der Waals surface area contributed by atoms with Crippen molar-refractivity contribution < 1.29 is 4.92 Å². The smallest absolute Gasteiger partial charge is 0.269 e. The molecule has 5 nitrogen and oxygen atoms in total. The first-order valence-corrected chi connectivity index (χ1v) is 7.68. The largest absolute Gasteiger partial charge is 0.278 e. The molecule has 0 bridgehead atoms. The van der Waals surface area contributed by atoms with Crippen molar-refractivity contribution in [1.29, 1.82) is 0 Å². The van der Waals surface area contributed by atoms with E-state index >= 15 is 0 Å². The number of hydrogen-bond acceptors (Lipinski definition) is 4. The molecular weight excluding hydrogens is 290 g/mol. The Bertz CT molecular complexity index is 689. The average molecular weight is 311 g/mol. The molecule has 1 N–H and O–H groups in total. The maximum atomic E-state index is 10.6. The maximum absolute atomic E-state index is 10.6. The summed E-state index contributed by atoms with van der Waals surface area (Å²) in [7, 11) is 0. The summed E-state index contributed by atoms with van der Waals surface area (Å²) < 4.78 is 0. The zero-order valence-electron chi connectivity index (χ0n) is 13.6. The second-order valence-corrected chi connectivity index (χ2v) is 5.60. The lowest BCUT2D eigenvalue weighted by Gasteiger charge is -2.09. The predicted octanol–water partition coefficient (Wildman–Crippen LogP) is 4.94. The highest BCUT2D eigenvalue weighted by molar-refractivity contribution is 6.00. The molecule has 2 aromatic rings. The Balaban J connectivity index is 2.13. The van der Waals surface area contributed by atoms with E-state index in [1.165, 1.54) is 17.7 Å². The van der Waals surface area contributed by atoms with Crippen molar-refractivity contribution in [2.24, 2.45) is 5.10 Å². The highest BCUT2D eigenvalue weighted by atomic mass is 16.6. The first-order chi connectivity index (χ1) is 11.0. The predicted molar refractivity (Wildman–Crippen MR) is 94.1 cm³/mol. The summed E-state index contributed by atoms with van der Waals surface area (Å²) in [4.78, 5) is 10.2. The molecule has 0 unspecified atom stereocenters. The van der Waals surface area contributed by atoms with Gasteiger partial charge in [-0.3, -0.25) is 15.5 Å². The highest BCUT2D eigenvalue weighted by Gasteiger charge is 2.05. The van der Waals surface area contributed by atoms with Crippen molar-refractivity contribution in [1.82, 2.24) is 0 Å². The van der Waals surface area contributed by atoms with Crippen LogP contribution in [0.5, 0.6) is 0 Å². The number of non-ortho nitro benzene ring substituents is 1. The molecule has 0 saturated heterocycles. The molecule has 23 heavy (non-hydrogen) atoms. The van der Waals surface area contributed by atoms with Gasteiger partial charge in [-0.1, -0.05) is 45.0 Å². The van der Waals surface area contributed by atoms with Crippen LogP contribution in [0.25, 0.3) is 0 Å². The van der Waals surface area contributed by atoms with E-state index in [4.69, 9.17) is 0 Å². The third kappa shape index (κ3) is 4.39. The first-order valence-electron chi connectivity index (χ1n) is 7.68. The summed E-state index contributed by atoms with van der Waals surface area (Å²) in [6, 6.07) is 14.6. The van der Waals surface area contributed by atoms with E-state index < -0.39 is 4.92 Å². The van der Waals surface area contributed by atoms with Crippen LogP contribution in [0.15, 0.2) is 53.6 Å². The van der Waals surface area contributed by atoms with Gasteiger partial charge in [-0.2, -0.15) is 5.10 Å². The topological polar surface area (TPSA) is 67.5 Å². The van der Waals surface area contributed by atoms with Crippen molar-refractivity contribution in [2.75, 3.05) is 5.43 Å². The molecule has 0 atom stereocenters. The molecule has 120 valence electrons. The number of nitro benzene ring substituents is 1. The van der Waals surface area contributed by atoms with Crippen molar-refractivity contribution in [3.05, 3.63) is 69.8 Å². The highest BCUT2D eigenvalue weighted by Crippen LogP contribution is 2.17. The van der Waals surface area contributed by atoms with Gasteiger partial charge in [-0.05, 0) is 35.6 Å². The van der Waals surface area contributed by atoms with Crippen LogP contribution in [-0.2, 0) is 0 Å². The third-order valence-corrected chi connectivity index (χ3v) is 3.64. The van der Waals surface area contributed by atoms with Crippen LogP contribution in [0.4, 0.5) is 11.4 Å². The minimum atomic E-state index is -0.416. The van der Waals surface area contributed by atoms with Gasteiger partial charge in [0.25, 0.3) is 5.69 Å². The fourth-order valence-corrected chi connectivity index (χ4v) is 2.20. The van der Waals surface area contributed by atoms with E-state index in [0.29, 0.717) is 5.92 Å². The van der Waals surface area contributed by atoms with Crippen LogP contribution in [-0.4, -0.2) is 10.6 Å². The molecule has 2 aromatic carbocycles. The fourth-order valence-electron chi connectivity index (χ4n) is 2.20. The van der Waals surface area contributed by atoms with Gasteiger partial charge in [-0.15, -0.1) is 0 Å². The minimum absolute atomic E-state index is 0.0690. The molecule has 0 heterocycles. The zero-order valence-corrected chi connectivity index (χ0v) is 13.6. The fraction of sp³-hybridized carbons (Fsp3) is 0.278. The van der Waals surface area contributed by atoms with E-state index in [1.807, 2.05) is 6.92 Å². The molecule has 0 saturated carbocycles. The number of nitrogens with zero attached hydrogens (tertiary/aromatic N) is 2. The molecular formula is C18H21N3O2. The Labute approximate surface area is 136 Å². The summed E-state index contributed by atoms with van der Waals surface area (Å²) >= 11 is 0. The molecule has 0 aliphatic rings. The van der Waals surface area contributed by atoms with Crippen LogP contribution >= 0.6 is 0 Å². The third-order valence-electron chi connectivity index (χ3n) is 3.64. The van der Waals surface area contributed by atoms with Crippen LogP contribution in [0, 0.1) is 10.1 Å². The average Bonchev–Trinajstić information content (AvgIpc) is 2.56. The monoisotopic (exact) mass is 311 g/mol. The number of hydrogen-bond donors (Lipinski definition) is 1. The number of benzene rings is 2. The Morgan fingerprint density at radius 3 is 2.22 bits per heavy atom. The summed E-state index contributed by atoms with van der Waals surface area (Å²) in [5, 5.41) is 15.1. The van der Waals surface area contributed by atoms with Gasteiger partial charge in [0.15, 0.2) is 0 Å². The van der Waals surface area contributed by atoms with E-state index in [2.05, 4.69) is 48.6 Å². The molecule has 5 heteroatoms. The van der Waals surface area contributed by atoms with Crippen molar-refractivity contribution >= 4 is 17.1 Å². The van der Waals surface area contributed by atoms with Crippen molar-refractivity contribution in [3.63, 3.8) is 0 Å². The maximum Gasteiger partial charge on any atom is 0.269 e. The van der Waals surface area contributed by atoms with Gasteiger partial charge >= 0.3 is 0 Å². The summed E-state index contributed by atoms with van der Waals surface area (Å²) in [5.74, 6) is 0.504. The van der Waals surface area contributed by atoms with Crippen molar-refractivity contribution in [2.45, 2.75) is 33.1 Å². The van der Waals surface area contributed by atoms with E-state index in [-0.39, 0.29) is 5.69 Å². The molecule has 0 amide bonds. The second-order valence-electron chi connectivity index (χ2n) is 5.60. The van der Waals surface area contributed by atoms with Gasteiger partial charge in [0, 0.05) is 12.1 Å². The number of nitro groups is 1. The van der Waals surface area contributed by atoms with Crippen LogP contribution in [0.1, 0.15) is 44.2 Å². The summed E-state index contributed by atoms with van der Waals surface area (Å²) in [5.41, 5.74) is 7.07. The Morgan fingerprint density at radius 1 is 1.13 bits per heavy atom. The summed E-state index contributed by atoms with van der Waals surface area (Å²) in [6.07, 6.45) is 0.793. The summed E-state index contributed by atoms with van der Waals surface area (Å²) in [6.45, 7) is 6.38. The lowest BCUT2D eigenvalue weighted by molar-refractivity contribution is -0.384. The van der Waals surface area contributed by atoms with Gasteiger partial charge in [0.05, 0.1) is 16.3 Å². The van der Waals surface area contributed by atoms with Gasteiger partial charge in [0.1, 0.15) is 0 Å². The van der Waals surface area contributed by atoms with Gasteiger partial charge < -0.3 is 0 Å². The molecule has 0 aliphatic heterocycles. The zero-order chi connectivity index (χ0) is 16.8. The van der Waals surface area contributed by atoms with E-state index in [1.54, 1.807) is 12.1 Å². The molecule has 0 aliphatic carbocycles. The Morgan fingerprint density at radius 2 is 1.74 bits per heavy atom. The normalized spacial score (nSPS) is 11.6. The van der Waals surface area contributed by atoms with Gasteiger partial charge in [-0.25, -0.2) is 0 Å². The Hall–Kier alpha value is -2.69. The van der Waals surface area contributed by atoms with Crippen LogP contribution in [0.2, 0.25) is 0 Å². The number of rotatable bonds is 6. The number of nitrogens with one attached hydrogen (secondary N) is 1. The van der Waals surface area contributed by atoms with Crippen LogP contribution < -0.4 is 5.43 Å². The lowest BCUT2D eigenvalue weighted by Crippen LogP contribution is -2.03. The molecule has 0 aromatic heterocycles. The van der Waals surface area contributed by atoms with E-state index in [0.717, 1.165) is 23.4 Å². The van der Waals surface area contributed by atoms with Crippen molar-refractivity contribution in [3.8, 4) is 0 Å². The molecule has 0 spiro atoms. The standard InChI is InChI=1S/C18H21N3O2/c1-4-18(15-7-5-14(6-8-15)13(2)3)20-19-16-9-11-17(12-10-16)21(22)23/h5-13,19H,4H2,1-3H3. The Kier molecular flexibility index (Phi) is 5.46. The quantitative estimate of drug-likeness (QED) is 0.466. The van der Waals surface area contributed by atoms with Crippen LogP contribution in [0.3, 0.4) is 0 Å². The first kappa shape index (κ1) is 16.7. The number of hydrazone groups is 1. The SMILES string of the molecule is CCC(=NNc1ccc([N+](=O)[O-])cc1)c1ccc(C(C)C)cc1. The lowest BCUT2D eigenvalue weighted by atomic mass is 10.00. The molecule has 0 fully saturated rings. The minimum Gasteiger partial charge on any atom is -0.278 e. The number of anilines is 1. The van der Waals surface area contributed by atoms with Gasteiger partial charge in [0.2, 0.25) is 0 Å².